The van der Waals surface area contributed by atoms with Crippen LogP contribution in [-0.4, -0.2) is 55.7 Å². The maximum Gasteiger partial charge on any atom is 0.326 e. The zero-order valence-electron chi connectivity index (χ0n) is 17.7. The summed E-state index contributed by atoms with van der Waals surface area (Å²) in [7, 11) is -3.84. The fourth-order valence-corrected chi connectivity index (χ4v) is 3.55. The molecule has 0 unspecified atom stereocenters. The first kappa shape index (κ1) is 23.3. The van der Waals surface area contributed by atoms with Crippen molar-refractivity contribution in [3.63, 3.8) is 0 Å². The van der Waals surface area contributed by atoms with Crippen molar-refractivity contribution in [2.45, 2.75) is 4.90 Å². The van der Waals surface area contributed by atoms with Gasteiger partial charge in [0.15, 0.2) is 0 Å². The number of carbonyl (C=O) groups excluding carboxylic acids is 1. The van der Waals surface area contributed by atoms with Crippen molar-refractivity contribution in [1.29, 1.82) is 0 Å². The summed E-state index contributed by atoms with van der Waals surface area (Å²) in [5.41, 5.74) is 0.878. The number of hydrogen-bond acceptors (Lipinski definition) is 9. The summed E-state index contributed by atoms with van der Waals surface area (Å²) >= 11 is 0. The lowest BCUT2D eigenvalue weighted by atomic mass is 10.3. The average Bonchev–Trinajstić information content (AvgIpc) is 2.81. The molecule has 1 aliphatic heterocycles. The van der Waals surface area contributed by atoms with Crippen molar-refractivity contribution in [2.24, 2.45) is 5.14 Å². The quantitative estimate of drug-likeness (QED) is 0.405. The topological polar surface area (TPSA) is 164 Å². The maximum absolute atomic E-state index is 13.2. The minimum atomic E-state index is -3.84. The molecule has 2 aromatic carbocycles. The van der Waals surface area contributed by atoms with Crippen molar-refractivity contribution >= 4 is 45.3 Å². The van der Waals surface area contributed by atoms with E-state index in [1.165, 1.54) is 48.5 Å². The van der Waals surface area contributed by atoms with E-state index in [4.69, 9.17) is 9.88 Å². The van der Waals surface area contributed by atoms with Crippen molar-refractivity contribution in [2.75, 3.05) is 47.2 Å². The van der Waals surface area contributed by atoms with E-state index in [1.54, 1.807) is 0 Å². The highest BCUT2D eigenvalue weighted by atomic mass is 32.2. The molecule has 1 saturated heterocycles. The number of aromatic nitrogens is 3. The number of hydrogen-bond donors (Lipinski definition) is 4. The maximum atomic E-state index is 13.2. The molecule has 0 spiro atoms. The smallest absolute Gasteiger partial charge is 0.326 e. The van der Waals surface area contributed by atoms with Crippen LogP contribution in [0.15, 0.2) is 53.4 Å². The van der Waals surface area contributed by atoms with Gasteiger partial charge in [-0.05, 0) is 48.5 Å². The number of anilines is 5. The summed E-state index contributed by atoms with van der Waals surface area (Å²) in [6.45, 7) is 2.12. The molecule has 2 amide bonds. The third kappa shape index (κ3) is 6.12. The van der Waals surface area contributed by atoms with Gasteiger partial charge >= 0.3 is 6.03 Å². The van der Waals surface area contributed by atoms with Gasteiger partial charge in [0.1, 0.15) is 5.82 Å². The van der Waals surface area contributed by atoms with Crippen LogP contribution in [-0.2, 0) is 14.8 Å². The summed E-state index contributed by atoms with van der Waals surface area (Å²) in [5, 5.41) is 13.1. The Morgan fingerprint density at radius 2 is 1.53 bits per heavy atom. The average molecular weight is 489 g/mol. The van der Waals surface area contributed by atoms with Gasteiger partial charge in [0.25, 0.3) is 0 Å². The number of nitrogens with zero attached hydrogens (tertiary/aromatic N) is 4. The molecule has 1 aliphatic rings. The molecule has 0 aliphatic carbocycles. The Morgan fingerprint density at radius 1 is 0.912 bits per heavy atom. The van der Waals surface area contributed by atoms with E-state index in [9.17, 15) is 17.6 Å². The van der Waals surface area contributed by atoms with Crippen LogP contribution in [0.25, 0.3) is 0 Å². The number of ether oxygens (including phenoxy) is 1. The number of carbonyl (C=O) groups is 1. The van der Waals surface area contributed by atoms with E-state index in [0.29, 0.717) is 43.6 Å². The molecule has 14 heteroatoms. The number of primary sulfonamides is 1. The number of amides is 2. The zero-order chi connectivity index (χ0) is 24.1. The number of nitrogens with one attached hydrogen (secondary N) is 3. The summed E-state index contributed by atoms with van der Waals surface area (Å²) in [4.78, 5) is 27.2. The van der Waals surface area contributed by atoms with Gasteiger partial charge in [-0.15, -0.1) is 0 Å². The number of sulfonamides is 1. The first-order valence-corrected chi connectivity index (χ1v) is 11.6. The Bertz CT molecular complexity index is 1270. The van der Waals surface area contributed by atoms with Crippen LogP contribution in [0.4, 0.5) is 38.4 Å². The van der Waals surface area contributed by atoms with E-state index >= 15 is 0 Å². The lowest BCUT2D eigenvalue weighted by Crippen LogP contribution is -2.37. The van der Waals surface area contributed by atoms with Crippen LogP contribution < -0.4 is 26.0 Å². The van der Waals surface area contributed by atoms with E-state index in [-0.39, 0.29) is 22.6 Å². The largest absolute Gasteiger partial charge is 0.378 e. The van der Waals surface area contributed by atoms with Gasteiger partial charge in [0.05, 0.1) is 18.1 Å². The third-order valence-electron chi connectivity index (χ3n) is 4.68. The third-order valence-corrected chi connectivity index (χ3v) is 5.61. The molecular weight excluding hydrogens is 467 g/mol. The van der Waals surface area contributed by atoms with Gasteiger partial charge in [-0.25, -0.2) is 22.7 Å². The minimum absolute atomic E-state index is 0.0280. The monoisotopic (exact) mass is 488 g/mol. The Labute approximate surface area is 194 Å². The number of benzene rings is 2. The Kier molecular flexibility index (Phi) is 6.81. The minimum Gasteiger partial charge on any atom is -0.378 e. The zero-order valence-corrected chi connectivity index (χ0v) is 18.5. The predicted molar refractivity (Wildman–Crippen MR) is 123 cm³/mol. The molecule has 0 bridgehead atoms. The lowest BCUT2D eigenvalue weighted by molar-refractivity contribution is 0.122. The SMILES string of the molecule is NS(=O)(=O)c1ccc(NC(=O)Nc2nc(Nc3ccc(F)cc3)nc(N3CCOCC3)n2)cc1. The molecule has 1 fully saturated rings. The fourth-order valence-electron chi connectivity index (χ4n) is 3.04. The van der Waals surface area contributed by atoms with Crippen LogP contribution in [0, 0.1) is 5.82 Å². The van der Waals surface area contributed by atoms with Gasteiger partial charge in [0, 0.05) is 24.5 Å². The first-order valence-electron chi connectivity index (χ1n) is 10.1. The van der Waals surface area contributed by atoms with Gasteiger partial charge in [-0.1, -0.05) is 0 Å². The lowest BCUT2D eigenvalue weighted by Gasteiger charge is -2.27. The van der Waals surface area contributed by atoms with Crippen molar-refractivity contribution in [3.8, 4) is 0 Å². The first-order chi connectivity index (χ1) is 16.3. The van der Waals surface area contributed by atoms with Crippen LogP contribution in [0.1, 0.15) is 0 Å². The molecule has 0 atom stereocenters. The van der Waals surface area contributed by atoms with Gasteiger partial charge in [-0.2, -0.15) is 15.0 Å². The molecule has 34 heavy (non-hydrogen) atoms. The van der Waals surface area contributed by atoms with Crippen molar-refractivity contribution in [1.82, 2.24) is 15.0 Å². The molecule has 4 rings (SSSR count). The molecule has 2 heterocycles. The van der Waals surface area contributed by atoms with Gasteiger partial charge in [0.2, 0.25) is 27.9 Å². The van der Waals surface area contributed by atoms with Gasteiger partial charge < -0.3 is 20.3 Å². The number of rotatable bonds is 6. The molecule has 1 aromatic heterocycles. The van der Waals surface area contributed by atoms with Crippen molar-refractivity contribution in [3.05, 3.63) is 54.3 Å². The van der Waals surface area contributed by atoms with Crippen molar-refractivity contribution < 1.29 is 22.3 Å². The highest BCUT2D eigenvalue weighted by Gasteiger charge is 2.18. The highest BCUT2D eigenvalue weighted by Crippen LogP contribution is 2.19. The highest BCUT2D eigenvalue weighted by molar-refractivity contribution is 7.89. The van der Waals surface area contributed by atoms with Crippen LogP contribution in [0.5, 0.6) is 0 Å². The molecule has 0 radical (unpaired) electrons. The summed E-state index contributed by atoms with van der Waals surface area (Å²) in [6, 6.07) is 10.3. The Balaban J connectivity index is 1.53. The summed E-state index contributed by atoms with van der Waals surface area (Å²) in [6.07, 6.45) is 0. The second-order valence-electron chi connectivity index (χ2n) is 7.16. The van der Waals surface area contributed by atoms with E-state index < -0.39 is 16.1 Å². The van der Waals surface area contributed by atoms with Crippen LogP contribution in [0.2, 0.25) is 0 Å². The summed E-state index contributed by atoms with van der Waals surface area (Å²) < 4.78 is 41.3. The van der Waals surface area contributed by atoms with E-state index in [2.05, 4.69) is 30.9 Å². The second kappa shape index (κ2) is 9.94. The summed E-state index contributed by atoms with van der Waals surface area (Å²) in [5.74, 6) is 0.0673. The molecular formula is C20H21FN8O4S. The molecule has 12 nitrogen and oxygen atoms in total. The van der Waals surface area contributed by atoms with E-state index in [0.717, 1.165) is 0 Å². The molecule has 178 valence electrons. The fraction of sp³-hybridized carbons (Fsp3) is 0.200. The number of halogens is 1. The Morgan fingerprint density at radius 3 is 2.18 bits per heavy atom. The molecule has 5 N–H and O–H groups in total. The number of morpholine rings is 1. The number of nitrogens with two attached hydrogens (primary N) is 1. The van der Waals surface area contributed by atoms with Gasteiger partial charge in [-0.3, -0.25) is 5.32 Å². The van der Waals surface area contributed by atoms with Crippen LogP contribution >= 0.6 is 0 Å². The standard InChI is InChI=1S/C20H21FN8O4S/c21-13-1-3-14(4-2-13)23-17-25-18(27-19(26-17)29-9-11-33-12-10-29)28-20(30)24-15-5-7-16(8-6-15)34(22,31)32/h1-8H,9-12H2,(H2,22,31,32)(H3,23,24,25,26,27,28,30). The van der Waals surface area contributed by atoms with E-state index in [1.807, 2.05) is 4.90 Å². The Hall–Kier alpha value is -3.88. The van der Waals surface area contributed by atoms with Crippen LogP contribution in [0.3, 0.4) is 0 Å². The normalized spacial score (nSPS) is 13.9. The predicted octanol–water partition coefficient (Wildman–Crippen LogP) is 1.88. The molecule has 0 saturated carbocycles. The molecule has 3 aromatic rings. The number of urea groups is 1. The second-order valence-corrected chi connectivity index (χ2v) is 8.72.